The maximum absolute atomic E-state index is 5.81. The van der Waals surface area contributed by atoms with Crippen LogP contribution in [0.1, 0.15) is 24.8 Å². The van der Waals surface area contributed by atoms with Gasteiger partial charge in [0, 0.05) is 58.3 Å². The van der Waals surface area contributed by atoms with E-state index in [2.05, 4.69) is 44.9 Å². The van der Waals surface area contributed by atoms with Crippen LogP contribution in [0.15, 0.2) is 53.7 Å². The summed E-state index contributed by atoms with van der Waals surface area (Å²) in [6.07, 6.45) is 5.02. The summed E-state index contributed by atoms with van der Waals surface area (Å²) in [5.74, 6) is 1.46. The Kier molecular flexibility index (Phi) is 11.7. The van der Waals surface area contributed by atoms with Crippen LogP contribution in [0.4, 0.5) is 0 Å². The third kappa shape index (κ3) is 8.57. The molecule has 164 valence electrons. The average Bonchev–Trinajstić information content (AvgIpc) is 2.79. The molecule has 7 heteroatoms. The van der Waals surface area contributed by atoms with E-state index in [1.54, 1.807) is 7.05 Å². The SMILES string of the molecule is CN=C(NCCCOCC1CCOCC1)NCc1cccc(-c2ccccn2)c1.I. The number of guanidine groups is 1. The second kappa shape index (κ2) is 14.3. The van der Waals surface area contributed by atoms with Crippen molar-refractivity contribution < 1.29 is 9.47 Å². The van der Waals surface area contributed by atoms with E-state index in [9.17, 15) is 0 Å². The lowest BCUT2D eigenvalue weighted by molar-refractivity contribution is 0.0203. The van der Waals surface area contributed by atoms with E-state index in [1.807, 2.05) is 24.4 Å². The quantitative estimate of drug-likeness (QED) is 0.226. The normalized spacial score (nSPS) is 14.8. The predicted molar refractivity (Wildman–Crippen MR) is 132 cm³/mol. The fourth-order valence-corrected chi connectivity index (χ4v) is 3.32. The van der Waals surface area contributed by atoms with E-state index in [-0.39, 0.29) is 24.0 Å². The molecule has 1 aromatic heterocycles. The minimum absolute atomic E-state index is 0. The van der Waals surface area contributed by atoms with Crippen molar-refractivity contribution in [2.75, 3.05) is 40.0 Å². The van der Waals surface area contributed by atoms with Crippen LogP contribution in [0.25, 0.3) is 11.3 Å². The first-order valence-electron chi connectivity index (χ1n) is 10.5. The summed E-state index contributed by atoms with van der Waals surface area (Å²) in [6, 6.07) is 14.4. The van der Waals surface area contributed by atoms with Gasteiger partial charge >= 0.3 is 0 Å². The Morgan fingerprint density at radius 3 is 2.80 bits per heavy atom. The number of halogens is 1. The molecule has 1 aliphatic rings. The number of ether oxygens (including phenoxy) is 2. The first kappa shape index (κ1) is 24.6. The van der Waals surface area contributed by atoms with Crippen LogP contribution in [-0.2, 0) is 16.0 Å². The van der Waals surface area contributed by atoms with Gasteiger partial charge in [-0.05, 0) is 48.9 Å². The van der Waals surface area contributed by atoms with Gasteiger partial charge in [0.1, 0.15) is 0 Å². The number of hydrogen-bond acceptors (Lipinski definition) is 4. The topological polar surface area (TPSA) is 67.8 Å². The molecule has 0 spiro atoms. The van der Waals surface area contributed by atoms with Crippen molar-refractivity contribution in [3.05, 3.63) is 54.2 Å². The van der Waals surface area contributed by atoms with Gasteiger partial charge in [0.15, 0.2) is 5.96 Å². The molecule has 0 atom stereocenters. The number of rotatable bonds is 9. The van der Waals surface area contributed by atoms with Crippen LogP contribution in [-0.4, -0.2) is 51.0 Å². The van der Waals surface area contributed by atoms with Crippen molar-refractivity contribution in [3.8, 4) is 11.3 Å². The lowest BCUT2D eigenvalue weighted by Gasteiger charge is -2.21. The molecule has 2 heterocycles. The Bertz CT molecular complexity index is 752. The van der Waals surface area contributed by atoms with Gasteiger partial charge in [0.2, 0.25) is 0 Å². The highest BCUT2D eigenvalue weighted by Gasteiger charge is 2.13. The van der Waals surface area contributed by atoms with Gasteiger partial charge in [-0.3, -0.25) is 9.98 Å². The molecule has 1 aliphatic heterocycles. The molecule has 30 heavy (non-hydrogen) atoms. The number of nitrogens with one attached hydrogen (secondary N) is 2. The van der Waals surface area contributed by atoms with Gasteiger partial charge in [-0.15, -0.1) is 24.0 Å². The van der Waals surface area contributed by atoms with Crippen LogP contribution in [0, 0.1) is 5.92 Å². The van der Waals surface area contributed by atoms with Crippen LogP contribution in [0.2, 0.25) is 0 Å². The van der Waals surface area contributed by atoms with Crippen molar-refractivity contribution in [2.24, 2.45) is 10.9 Å². The summed E-state index contributed by atoms with van der Waals surface area (Å²) in [4.78, 5) is 8.72. The zero-order valence-electron chi connectivity index (χ0n) is 17.7. The fraction of sp³-hybridized carbons (Fsp3) is 0.478. The van der Waals surface area contributed by atoms with Crippen molar-refractivity contribution in [1.82, 2.24) is 15.6 Å². The third-order valence-corrected chi connectivity index (χ3v) is 5.02. The van der Waals surface area contributed by atoms with Crippen LogP contribution >= 0.6 is 24.0 Å². The molecule has 3 rings (SSSR count). The number of aliphatic imine (C=N–C) groups is 1. The van der Waals surface area contributed by atoms with Crippen molar-refractivity contribution in [1.29, 1.82) is 0 Å². The molecule has 0 radical (unpaired) electrons. The molecule has 0 saturated carbocycles. The molecule has 1 fully saturated rings. The minimum atomic E-state index is 0. The second-order valence-electron chi connectivity index (χ2n) is 7.25. The molecule has 0 unspecified atom stereocenters. The number of aromatic nitrogens is 1. The highest BCUT2D eigenvalue weighted by atomic mass is 127. The average molecular weight is 524 g/mol. The van der Waals surface area contributed by atoms with E-state index >= 15 is 0 Å². The highest BCUT2D eigenvalue weighted by Crippen LogP contribution is 2.17. The molecule has 0 bridgehead atoms. The Hall–Kier alpha value is -1.71. The van der Waals surface area contributed by atoms with Crippen LogP contribution in [0.5, 0.6) is 0 Å². The monoisotopic (exact) mass is 524 g/mol. The van der Waals surface area contributed by atoms with Crippen molar-refractivity contribution >= 4 is 29.9 Å². The molecule has 0 aliphatic carbocycles. The van der Waals surface area contributed by atoms with Gasteiger partial charge in [-0.1, -0.05) is 24.3 Å². The molecular formula is C23H33IN4O2. The lowest BCUT2D eigenvalue weighted by Crippen LogP contribution is -2.37. The smallest absolute Gasteiger partial charge is 0.191 e. The van der Waals surface area contributed by atoms with Gasteiger partial charge in [-0.25, -0.2) is 0 Å². The Morgan fingerprint density at radius 2 is 2.03 bits per heavy atom. The first-order valence-corrected chi connectivity index (χ1v) is 10.5. The molecule has 1 aromatic carbocycles. The third-order valence-electron chi connectivity index (χ3n) is 5.02. The van der Waals surface area contributed by atoms with Crippen molar-refractivity contribution in [2.45, 2.75) is 25.8 Å². The van der Waals surface area contributed by atoms with Gasteiger partial charge in [-0.2, -0.15) is 0 Å². The van der Waals surface area contributed by atoms with E-state index in [4.69, 9.17) is 9.47 Å². The Morgan fingerprint density at radius 1 is 1.17 bits per heavy atom. The number of nitrogens with zero attached hydrogens (tertiary/aromatic N) is 2. The van der Waals surface area contributed by atoms with Crippen molar-refractivity contribution in [3.63, 3.8) is 0 Å². The van der Waals surface area contributed by atoms with E-state index in [0.29, 0.717) is 12.5 Å². The maximum Gasteiger partial charge on any atom is 0.191 e. The van der Waals surface area contributed by atoms with E-state index in [1.165, 1.54) is 5.56 Å². The lowest BCUT2D eigenvalue weighted by atomic mass is 10.0. The summed E-state index contributed by atoms with van der Waals surface area (Å²) in [7, 11) is 1.79. The molecule has 0 amide bonds. The molecule has 2 N–H and O–H groups in total. The zero-order valence-corrected chi connectivity index (χ0v) is 20.0. The molecule has 2 aromatic rings. The number of benzene rings is 1. The summed E-state index contributed by atoms with van der Waals surface area (Å²) >= 11 is 0. The fourth-order valence-electron chi connectivity index (χ4n) is 3.32. The highest BCUT2D eigenvalue weighted by molar-refractivity contribution is 14.0. The Balaban J connectivity index is 0.00000320. The first-order chi connectivity index (χ1) is 14.3. The number of pyridine rings is 1. The van der Waals surface area contributed by atoms with Gasteiger partial charge in [0.05, 0.1) is 5.69 Å². The minimum Gasteiger partial charge on any atom is -0.381 e. The predicted octanol–water partition coefficient (Wildman–Crippen LogP) is 3.86. The molecule has 6 nitrogen and oxygen atoms in total. The number of hydrogen-bond donors (Lipinski definition) is 2. The van der Waals surface area contributed by atoms with E-state index < -0.39 is 0 Å². The maximum atomic E-state index is 5.81. The summed E-state index contributed by atoms with van der Waals surface area (Å²) in [5.41, 5.74) is 3.29. The van der Waals surface area contributed by atoms with Crippen LogP contribution < -0.4 is 10.6 Å². The zero-order chi connectivity index (χ0) is 20.2. The molecule has 1 saturated heterocycles. The Labute approximate surface area is 196 Å². The van der Waals surface area contributed by atoms with E-state index in [0.717, 1.165) is 69.5 Å². The second-order valence-corrected chi connectivity index (χ2v) is 7.25. The summed E-state index contributed by atoms with van der Waals surface area (Å²) in [6.45, 7) is 4.92. The summed E-state index contributed by atoms with van der Waals surface area (Å²) < 4.78 is 11.2. The largest absolute Gasteiger partial charge is 0.381 e. The van der Waals surface area contributed by atoms with Crippen LogP contribution in [0.3, 0.4) is 0 Å². The molecular weight excluding hydrogens is 491 g/mol. The standard InChI is InChI=1S/C23H32N4O2.HI/c1-24-23(26-12-5-13-29-18-19-9-14-28-15-10-19)27-17-20-6-4-7-21(16-20)22-8-2-3-11-25-22;/h2-4,6-8,11,16,19H,5,9-10,12-15,17-18H2,1H3,(H2,24,26,27);1H. The van der Waals surface area contributed by atoms with Gasteiger partial charge < -0.3 is 20.1 Å². The van der Waals surface area contributed by atoms with Gasteiger partial charge in [0.25, 0.3) is 0 Å². The summed E-state index contributed by atoms with van der Waals surface area (Å²) in [5, 5.41) is 6.72.